The highest BCUT2D eigenvalue weighted by molar-refractivity contribution is 9.10. The van der Waals surface area contributed by atoms with Gasteiger partial charge in [0.15, 0.2) is 0 Å². The number of nitrogens with one attached hydrogen (secondary N) is 1. The molecule has 0 heterocycles. The number of amides is 1. The van der Waals surface area contributed by atoms with Gasteiger partial charge in [0.2, 0.25) is 0 Å². The van der Waals surface area contributed by atoms with E-state index in [-0.39, 0.29) is 5.91 Å². The monoisotopic (exact) mass is 284 g/mol. The minimum atomic E-state index is -0.0425. The van der Waals surface area contributed by atoms with E-state index in [2.05, 4.69) is 21.2 Å². The lowest BCUT2D eigenvalue weighted by atomic mass is 10.1. The highest BCUT2D eigenvalue weighted by atomic mass is 79.9. The summed E-state index contributed by atoms with van der Waals surface area (Å²) in [6.45, 7) is 5.13. The Bertz CT molecular complexity index is 379. The molecule has 0 aromatic heterocycles. The van der Waals surface area contributed by atoms with E-state index in [1.807, 2.05) is 32.0 Å². The molecule has 1 rings (SSSR count). The second-order valence-electron chi connectivity index (χ2n) is 4.01. The first-order chi connectivity index (χ1) is 7.54. The third-order valence-electron chi connectivity index (χ3n) is 2.46. The van der Waals surface area contributed by atoms with Crippen LogP contribution < -0.4 is 11.1 Å². The Labute approximate surface area is 105 Å². The Morgan fingerprint density at radius 3 is 2.88 bits per heavy atom. The first-order valence-electron chi connectivity index (χ1n) is 5.29. The lowest BCUT2D eigenvalue weighted by Crippen LogP contribution is -2.31. The Morgan fingerprint density at radius 1 is 1.56 bits per heavy atom. The third kappa shape index (κ3) is 3.61. The van der Waals surface area contributed by atoms with Crippen molar-refractivity contribution >= 4 is 21.8 Å². The van der Waals surface area contributed by atoms with E-state index in [1.54, 1.807) is 0 Å². The van der Waals surface area contributed by atoms with E-state index in [9.17, 15) is 4.79 Å². The van der Waals surface area contributed by atoms with Crippen molar-refractivity contribution in [3.8, 4) is 0 Å². The van der Waals surface area contributed by atoms with Crippen LogP contribution in [0.15, 0.2) is 22.7 Å². The molecule has 1 unspecified atom stereocenters. The summed E-state index contributed by atoms with van der Waals surface area (Å²) in [5.74, 6) is 0.260. The van der Waals surface area contributed by atoms with Gasteiger partial charge in [0.25, 0.3) is 5.91 Å². The zero-order valence-corrected chi connectivity index (χ0v) is 11.2. The van der Waals surface area contributed by atoms with Gasteiger partial charge in [-0.2, -0.15) is 0 Å². The van der Waals surface area contributed by atoms with E-state index >= 15 is 0 Å². The molecule has 3 nitrogen and oxygen atoms in total. The van der Waals surface area contributed by atoms with Crippen LogP contribution in [0.3, 0.4) is 0 Å². The van der Waals surface area contributed by atoms with E-state index in [4.69, 9.17) is 5.73 Å². The Hall–Kier alpha value is -0.870. The van der Waals surface area contributed by atoms with Crippen LogP contribution in [0.4, 0.5) is 0 Å². The number of rotatable bonds is 4. The van der Waals surface area contributed by atoms with Gasteiger partial charge in [-0.05, 0) is 37.1 Å². The molecule has 88 valence electrons. The van der Waals surface area contributed by atoms with Crippen LogP contribution in [0.2, 0.25) is 0 Å². The van der Waals surface area contributed by atoms with Gasteiger partial charge in [-0.15, -0.1) is 0 Å². The molecule has 1 atom stereocenters. The number of hydrogen-bond donors (Lipinski definition) is 2. The van der Waals surface area contributed by atoms with Crippen molar-refractivity contribution in [2.24, 2.45) is 11.7 Å². The SMILES string of the molecule is Cc1ccc(Br)cc1C(=O)NCC(C)CN. The molecule has 0 saturated carbocycles. The number of halogens is 1. The molecule has 3 N–H and O–H groups in total. The molecule has 0 fully saturated rings. The second-order valence-corrected chi connectivity index (χ2v) is 4.93. The zero-order valence-electron chi connectivity index (χ0n) is 9.59. The minimum Gasteiger partial charge on any atom is -0.352 e. The maximum atomic E-state index is 11.9. The van der Waals surface area contributed by atoms with Crippen LogP contribution in [-0.2, 0) is 0 Å². The second kappa shape index (κ2) is 6.01. The van der Waals surface area contributed by atoms with E-state index in [0.717, 1.165) is 10.0 Å². The number of hydrogen-bond acceptors (Lipinski definition) is 2. The van der Waals surface area contributed by atoms with Crippen LogP contribution in [0, 0.1) is 12.8 Å². The highest BCUT2D eigenvalue weighted by Gasteiger charge is 2.10. The van der Waals surface area contributed by atoms with Crippen molar-refractivity contribution in [1.82, 2.24) is 5.32 Å². The Balaban J connectivity index is 2.69. The lowest BCUT2D eigenvalue weighted by Gasteiger charge is -2.11. The minimum absolute atomic E-state index is 0.0425. The maximum Gasteiger partial charge on any atom is 0.251 e. The number of aryl methyl sites for hydroxylation is 1. The normalized spacial score (nSPS) is 12.2. The average Bonchev–Trinajstić information content (AvgIpc) is 2.28. The van der Waals surface area contributed by atoms with Gasteiger partial charge >= 0.3 is 0 Å². The first kappa shape index (κ1) is 13.2. The molecule has 16 heavy (non-hydrogen) atoms. The fourth-order valence-corrected chi connectivity index (χ4v) is 1.65. The van der Waals surface area contributed by atoms with Crippen molar-refractivity contribution < 1.29 is 4.79 Å². The summed E-state index contributed by atoms with van der Waals surface area (Å²) in [7, 11) is 0. The highest BCUT2D eigenvalue weighted by Crippen LogP contribution is 2.15. The van der Waals surface area contributed by atoms with Gasteiger partial charge < -0.3 is 11.1 Å². The van der Waals surface area contributed by atoms with Crippen LogP contribution in [0.5, 0.6) is 0 Å². The smallest absolute Gasteiger partial charge is 0.251 e. The van der Waals surface area contributed by atoms with Gasteiger partial charge in [-0.1, -0.05) is 28.9 Å². The lowest BCUT2D eigenvalue weighted by molar-refractivity contribution is 0.0948. The predicted molar refractivity (Wildman–Crippen MR) is 69.4 cm³/mol. The number of carbonyl (C=O) groups excluding carboxylic acids is 1. The molecule has 0 aliphatic heterocycles. The van der Waals surface area contributed by atoms with Crippen LogP contribution >= 0.6 is 15.9 Å². The standard InChI is InChI=1S/C12H17BrN2O/c1-8(6-14)7-15-12(16)11-5-10(13)4-3-9(11)2/h3-5,8H,6-7,14H2,1-2H3,(H,15,16). The molecule has 0 spiro atoms. The van der Waals surface area contributed by atoms with Crippen LogP contribution in [0.25, 0.3) is 0 Å². The molecule has 1 amide bonds. The van der Waals surface area contributed by atoms with E-state index in [0.29, 0.717) is 24.6 Å². The summed E-state index contributed by atoms with van der Waals surface area (Å²) in [6, 6.07) is 5.68. The molecule has 0 radical (unpaired) electrons. The van der Waals surface area contributed by atoms with Crippen molar-refractivity contribution in [2.45, 2.75) is 13.8 Å². The van der Waals surface area contributed by atoms with Crippen molar-refractivity contribution in [3.05, 3.63) is 33.8 Å². The molecular formula is C12H17BrN2O. The molecule has 1 aromatic rings. The third-order valence-corrected chi connectivity index (χ3v) is 2.95. The Kier molecular flexibility index (Phi) is 4.96. The van der Waals surface area contributed by atoms with E-state index < -0.39 is 0 Å². The van der Waals surface area contributed by atoms with Gasteiger partial charge in [0.1, 0.15) is 0 Å². The number of carbonyl (C=O) groups is 1. The fourth-order valence-electron chi connectivity index (χ4n) is 1.28. The molecule has 0 aliphatic carbocycles. The van der Waals surface area contributed by atoms with Crippen molar-refractivity contribution in [3.63, 3.8) is 0 Å². The van der Waals surface area contributed by atoms with Crippen molar-refractivity contribution in [2.75, 3.05) is 13.1 Å². The van der Waals surface area contributed by atoms with Gasteiger partial charge in [-0.25, -0.2) is 0 Å². The average molecular weight is 285 g/mol. The maximum absolute atomic E-state index is 11.9. The zero-order chi connectivity index (χ0) is 12.1. The van der Waals surface area contributed by atoms with Gasteiger partial charge in [0.05, 0.1) is 0 Å². The van der Waals surface area contributed by atoms with Crippen LogP contribution in [0.1, 0.15) is 22.8 Å². The summed E-state index contributed by atoms with van der Waals surface area (Å²) in [5.41, 5.74) is 7.17. The van der Waals surface area contributed by atoms with E-state index in [1.165, 1.54) is 0 Å². The molecule has 1 aromatic carbocycles. The topological polar surface area (TPSA) is 55.1 Å². The summed E-state index contributed by atoms with van der Waals surface area (Å²) in [5, 5.41) is 2.88. The molecular weight excluding hydrogens is 268 g/mol. The fraction of sp³-hybridized carbons (Fsp3) is 0.417. The summed E-state index contributed by atoms with van der Waals surface area (Å²) in [4.78, 5) is 11.9. The van der Waals surface area contributed by atoms with Crippen LogP contribution in [-0.4, -0.2) is 19.0 Å². The summed E-state index contributed by atoms with van der Waals surface area (Å²) < 4.78 is 0.912. The molecule has 0 bridgehead atoms. The molecule has 0 saturated heterocycles. The number of nitrogens with two attached hydrogens (primary N) is 1. The summed E-state index contributed by atoms with van der Waals surface area (Å²) >= 11 is 3.36. The van der Waals surface area contributed by atoms with Crippen molar-refractivity contribution in [1.29, 1.82) is 0 Å². The first-order valence-corrected chi connectivity index (χ1v) is 6.08. The quantitative estimate of drug-likeness (QED) is 0.890. The van der Waals surface area contributed by atoms with Gasteiger partial charge in [0, 0.05) is 16.6 Å². The largest absolute Gasteiger partial charge is 0.352 e. The van der Waals surface area contributed by atoms with Gasteiger partial charge in [-0.3, -0.25) is 4.79 Å². The Morgan fingerprint density at radius 2 is 2.25 bits per heavy atom. The summed E-state index contributed by atoms with van der Waals surface area (Å²) in [6.07, 6.45) is 0. The predicted octanol–water partition coefficient (Wildman–Crippen LogP) is 2.08. The number of benzene rings is 1. The molecule has 4 heteroatoms. The molecule has 0 aliphatic rings.